The zero-order valence-corrected chi connectivity index (χ0v) is 10.7. The van der Waals surface area contributed by atoms with E-state index in [1.807, 2.05) is 0 Å². The third-order valence-corrected chi connectivity index (χ3v) is 2.81. The molecular weight excluding hydrogens is 254 g/mol. The largest absolute Gasteiger partial charge is 0.478 e. The molecule has 0 fully saturated rings. The molecule has 8 heteroatoms. The summed E-state index contributed by atoms with van der Waals surface area (Å²) in [6.07, 6.45) is 0.315. The van der Waals surface area contributed by atoms with Crippen LogP contribution in [0.1, 0.15) is 31.1 Å². The Bertz CT molecular complexity index is 513. The van der Waals surface area contributed by atoms with Crippen molar-refractivity contribution in [3.8, 4) is 0 Å². The lowest BCUT2D eigenvalue weighted by molar-refractivity contribution is -0.389. The van der Waals surface area contributed by atoms with Crippen LogP contribution < -0.4 is 5.32 Å². The summed E-state index contributed by atoms with van der Waals surface area (Å²) >= 11 is 0. The molecule has 0 aliphatic carbocycles. The SMILES string of the molecule is CC(O)C(C)(C)Nc1cnc([N+](=O)[O-])cc1C(=O)O. The van der Waals surface area contributed by atoms with Gasteiger partial charge >= 0.3 is 11.8 Å². The minimum atomic E-state index is -1.31. The summed E-state index contributed by atoms with van der Waals surface area (Å²) < 4.78 is 0. The van der Waals surface area contributed by atoms with Gasteiger partial charge in [0.15, 0.2) is 6.20 Å². The Labute approximate surface area is 109 Å². The third kappa shape index (κ3) is 3.38. The summed E-state index contributed by atoms with van der Waals surface area (Å²) in [4.78, 5) is 24.5. The van der Waals surface area contributed by atoms with Crippen LogP contribution in [0.5, 0.6) is 0 Å². The molecule has 1 heterocycles. The Hall–Kier alpha value is -2.22. The Morgan fingerprint density at radius 3 is 2.58 bits per heavy atom. The number of carbonyl (C=O) groups is 1. The van der Waals surface area contributed by atoms with Gasteiger partial charge in [-0.05, 0) is 30.7 Å². The molecule has 8 nitrogen and oxygen atoms in total. The minimum absolute atomic E-state index is 0.115. The van der Waals surface area contributed by atoms with Gasteiger partial charge in [0, 0.05) is 0 Å². The molecule has 3 N–H and O–H groups in total. The normalized spacial score (nSPS) is 12.8. The lowest BCUT2D eigenvalue weighted by Gasteiger charge is -2.30. The fourth-order valence-electron chi connectivity index (χ4n) is 1.27. The van der Waals surface area contributed by atoms with Crippen LogP contribution in [0.25, 0.3) is 0 Å². The molecule has 104 valence electrons. The van der Waals surface area contributed by atoms with E-state index in [9.17, 15) is 20.0 Å². The predicted octanol–water partition coefficient (Wildman–Crippen LogP) is 1.26. The summed E-state index contributed by atoms with van der Waals surface area (Å²) in [7, 11) is 0. The number of aromatic carboxylic acids is 1. The van der Waals surface area contributed by atoms with Crippen molar-refractivity contribution in [2.45, 2.75) is 32.4 Å². The van der Waals surface area contributed by atoms with Crippen LogP contribution in [0.2, 0.25) is 0 Å². The van der Waals surface area contributed by atoms with E-state index in [2.05, 4.69) is 10.3 Å². The molecule has 0 spiro atoms. The zero-order valence-electron chi connectivity index (χ0n) is 10.7. The van der Waals surface area contributed by atoms with E-state index in [-0.39, 0.29) is 11.3 Å². The van der Waals surface area contributed by atoms with Crippen LogP contribution in [0.15, 0.2) is 12.3 Å². The molecule has 0 radical (unpaired) electrons. The van der Waals surface area contributed by atoms with Crippen molar-refractivity contribution >= 4 is 17.5 Å². The van der Waals surface area contributed by atoms with Crippen molar-refractivity contribution in [1.82, 2.24) is 4.98 Å². The van der Waals surface area contributed by atoms with E-state index in [1.54, 1.807) is 20.8 Å². The van der Waals surface area contributed by atoms with Gasteiger partial charge in [-0.1, -0.05) is 0 Å². The number of anilines is 1. The second-order valence-corrected chi connectivity index (χ2v) is 4.67. The van der Waals surface area contributed by atoms with E-state index in [1.165, 1.54) is 0 Å². The van der Waals surface area contributed by atoms with Crippen LogP contribution >= 0.6 is 0 Å². The number of rotatable bonds is 5. The highest BCUT2D eigenvalue weighted by molar-refractivity contribution is 5.94. The fraction of sp³-hybridized carbons (Fsp3) is 0.455. The first-order valence-electron chi connectivity index (χ1n) is 5.49. The van der Waals surface area contributed by atoms with Gasteiger partial charge in [0.1, 0.15) is 0 Å². The van der Waals surface area contributed by atoms with Crippen molar-refractivity contribution in [2.75, 3.05) is 5.32 Å². The number of carboxylic acid groups (broad SMARTS) is 1. The molecule has 1 rings (SSSR count). The van der Waals surface area contributed by atoms with Crippen LogP contribution in [0.4, 0.5) is 11.5 Å². The van der Waals surface area contributed by atoms with Gasteiger partial charge < -0.3 is 25.6 Å². The Kier molecular flexibility index (Phi) is 4.05. The number of nitrogens with one attached hydrogen (secondary N) is 1. The number of hydrogen-bond acceptors (Lipinski definition) is 6. The molecular formula is C11H15N3O5. The molecule has 0 aromatic carbocycles. The Morgan fingerprint density at radius 2 is 2.16 bits per heavy atom. The van der Waals surface area contributed by atoms with Crippen molar-refractivity contribution in [3.63, 3.8) is 0 Å². The van der Waals surface area contributed by atoms with Gasteiger partial charge in [-0.25, -0.2) is 4.79 Å². The standard InChI is InChI=1S/C11H15N3O5/c1-6(15)11(2,3)13-8-5-12-9(14(18)19)4-7(8)10(16)17/h4-6,13,15H,1-3H3,(H,16,17). The van der Waals surface area contributed by atoms with Crippen molar-refractivity contribution < 1.29 is 19.9 Å². The summed E-state index contributed by atoms with van der Waals surface area (Å²) in [5.41, 5.74) is -0.957. The number of aromatic nitrogens is 1. The quantitative estimate of drug-likeness (QED) is 0.542. The average molecular weight is 269 g/mol. The average Bonchev–Trinajstić information content (AvgIpc) is 2.28. The molecule has 1 atom stereocenters. The summed E-state index contributed by atoms with van der Waals surface area (Å²) in [6.45, 7) is 4.89. The van der Waals surface area contributed by atoms with Crippen LogP contribution in [-0.4, -0.2) is 37.7 Å². The molecule has 1 unspecified atom stereocenters. The monoisotopic (exact) mass is 269 g/mol. The topological polar surface area (TPSA) is 126 Å². The predicted molar refractivity (Wildman–Crippen MR) is 67.2 cm³/mol. The van der Waals surface area contributed by atoms with Gasteiger partial charge in [0.25, 0.3) is 0 Å². The maximum atomic E-state index is 11.1. The third-order valence-electron chi connectivity index (χ3n) is 2.81. The number of nitrogens with zero attached hydrogens (tertiary/aromatic N) is 2. The van der Waals surface area contributed by atoms with Gasteiger partial charge in [-0.2, -0.15) is 0 Å². The smallest absolute Gasteiger partial charge is 0.364 e. The molecule has 1 aromatic rings. The maximum absolute atomic E-state index is 11.1. The zero-order chi connectivity index (χ0) is 14.8. The van der Waals surface area contributed by atoms with Crippen molar-refractivity contribution in [1.29, 1.82) is 0 Å². The lowest BCUT2D eigenvalue weighted by atomic mass is 9.98. The van der Waals surface area contributed by atoms with Gasteiger partial charge in [-0.15, -0.1) is 0 Å². The number of nitro groups is 1. The number of hydrogen-bond donors (Lipinski definition) is 3. The molecule has 0 aliphatic rings. The maximum Gasteiger partial charge on any atom is 0.364 e. The lowest BCUT2D eigenvalue weighted by Crippen LogP contribution is -2.42. The minimum Gasteiger partial charge on any atom is -0.478 e. The Morgan fingerprint density at radius 1 is 1.58 bits per heavy atom. The molecule has 0 amide bonds. The summed E-state index contributed by atoms with van der Waals surface area (Å²) in [6, 6.07) is 0.878. The van der Waals surface area contributed by atoms with E-state index in [0.29, 0.717) is 0 Å². The second kappa shape index (κ2) is 5.19. The van der Waals surface area contributed by atoms with E-state index in [4.69, 9.17) is 5.11 Å². The highest BCUT2D eigenvalue weighted by Gasteiger charge is 2.27. The number of aliphatic hydroxyl groups is 1. The number of aliphatic hydroxyl groups excluding tert-OH is 1. The first-order chi connectivity index (χ1) is 8.65. The summed E-state index contributed by atoms with van der Waals surface area (Å²) in [5.74, 6) is -1.85. The van der Waals surface area contributed by atoms with Gasteiger partial charge in [-0.3, -0.25) is 0 Å². The van der Waals surface area contributed by atoms with Crippen LogP contribution in [0, 0.1) is 10.1 Å². The first-order valence-corrected chi connectivity index (χ1v) is 5.49. The fourth-order valence-corrected chi connectivity index (χ4v) is 1.27. The molecule has 0 saturated heterocycles. The molecule has 0 saturated carbocycles. The highest BCUT2D eigenvalue weighted by atomic mass is 16.6. The molecule has 0 bridgehead atoms. The van der Waals surface area contributed by atoms with Crippen molar-refractivity contribution in [2.24, 2.45) is 0 Å². The first kappa shape index (κ1) is 14.8. The second-order valence-electron chi connectivity index (χ2n) is 4.67. The van der Waals surface area contributed by atoms with E-state index >= 15 is 0 Å². The number of carboxylic acids is 1. The van der Waals surface area contributed by atoms with Crippen LogP contribution in [-0.2, 0) is 0 Å². The molecule has 19 heavy (non-hydrogen) atoms. The molecule has 1 aromatic heterocycles. The number of pyridine rings is 1. The van der Waals surface area contributed by atoms with Crippen LogP contribution in [0.3, 0.4) is 0 Å². The van der Waals surface area contributed by atoms with Gasteiger partial charge in [0.05, 0.1) is 29.0 Å². The van der Waals surface area contributed by atoms with Crippen molar-refractivity contribution in [3.05, 3.63) is 27.9 Å². The Balaban J connectivity index is 3.21. The molecule has 0 aliphatic heterocycles. The summed E-state index contributed by atoms with van der Waals surface area (Å²) in [5, 5.41) is 32.0. The highest BCUT2D eigenvalue weighted by Crippen LogP contribution is 2.24. The van der Waals surface area contributed by atoms with E-state index in [0.717, 1.165) is 12.3 Å². The van der Waals surface area contributed by atoms with Gasteiger partial charge in [0.2, 0.25) is 0 Å². The van der Waals surface area contributed by atoms with E-state index < -0.39 is 28.4 Å².